The van der Waals surface area contributed by atoms with Gasteiger partial charge in [-0.3, -0.25) is 4.79 Å². The van der Waals surface area contributed by atoms with Gasteiger partial charge in [-0.25, -0.2) is 13.1 Å². The van der Waals surface area contributed by atoms with Crippen LogP contribution in [-0.2, 0) is 16.0 Å². The van der Waals surface area contributed by atoms with E-state index in [2.05, 4.69) is 10.4 Å². The molecule has 0 aliphatic rings. The van der Waals surface area contributed by atoms with Crippen LogP contribution in [0, 0.1) is 6.92 Å². The largest absolute Gasteiger partial charge is 0.434 e. The molecule has 0 fully saturated rings. The van der Waals surface area contributed by atoms with Crippen molar-refractivity contribution in [2.24, 2.45) is 0 Å². The lowest BCUT2D eigenvalue weighted by Gasteiger charge is -2.14. The standard InChI is InChI=1S/C19H16F3N3O3S/c1-12-8-9-14(29(2,27)28)10-16(12)24-18(26)15-11-23-25(17(15)19(20,21)22)13-6-4-3-5-7-13/h3-11H,1-2H3,(H,24,26). The Morgan fingerprint density at radius 3 is 2.34 bits per heavy atom. The molecule has 0 saturated heterocycles. The summed E-state index contributed by atoms with van der Waals surface area (Å²) in [5.41, 5.74) is -1.16. The summed E-state index contributed by atoms with van der Waals surface area (Å²) in [6.07, 6.45) is -3.02. The Labute approximate surface area is 164 Å². The Morgan fingerprint density at radius 1 is 1.10 bits per heavy atom. The second-order valence-electron chi connectivity index (χ2n) is 6.35. The van der Waals surface area contributed by atoms with Gasteiger partial charge in [-0.15, -0.1) is 0 Å². The number of hydrogen-bond acceptors (Lipinski definition) is 4. The third kappa shape index (κ3) is 4.32. The minimum absolute atomic E-state index is 0.0607. The number of nitrogens with zero attached hydrogens (tertiary/aromatic N) is 2. The van der Waals surface area contributed by atoms with Crippen LogP contribution in [0.4, 0.5) is 18.9 Å². The molecule has 0 unspecified atom stereocenters. The van der Waals surface area contributed by atoms with Crippen LogP contribution in [-0.4, -0.2) is 30.4 Å². The van der Waals surface area contributed by atoms with E-state index in [4.69, 9.17) is 0 Å². The van der Waals surface area contributed by atoms with Gasteiger partial charge in [0.05, 0.1) is 22.3 Å². The van der Waals surface area contributed by atoms with Crippen LogP contribution in [0.1, 0.15) is 21.6 Å². The molecule has 0 aliphatic heterocycles. The Morgan fingerprint density at radius 2 is 1.76 bits per heavy atom. The van der Waals surface area contributed by atoms with Crippen molar-refractivity contribution < 1.29 is 26.4 Å². The van der Waals surface area contributed by atoms with Gasteiger partial charge < -0.3 is 5.32 Å². The maximum atomic E-state index is 13.7. The molecule has 152 valence electrons. The summed E-state index contributed by atoms with van der Waals surface area (Å²) in [5.74, 6) is -1.05. The predicted octanol–water partition coefficient (Wildman–Crippen LogP) is 3.86. The molecule has 10 heteroatoms. The number of carbonyl (C=O) groups is 1. The van der Waals surface area contributed by atoms with Crippen LogP contribution >= 0.6 is 0 Å². The summed E-state index contributed by atoms with van der Waals surface area (Å²) in [5, 5.41) is 6.09. The molecular weight excluding hydrogens is 407 g/mol. The summed E-state index contributed by atoms with van der Waals surface area (Å²) in [7, 11) is -3.55. The van der Waals surface area contributed by atoms with E-state index in [0.717, 1.165) is 12.5 Å². The molecule has 1 N–H and O–H groups in total. The molecule has 1 heterocycles. The number of halogens is 3. The number of hydrogen-bond donors (Lipinski definition) is 1. The van der Waals surface area contributed by atoms with Crippen LogP contribution in [0.25, 0.3) is 5.69 Å². The Kier molecular flexibility index (Phi) is 5.22. The van der Waals surface area contributed by atoms with E-state index in [1.807, 2.05) is 0 Å². The smallest absolute Gasteiger partial charge is 0.322 e. The highest BCUT2D eigenvalue weighted by Crippen LogP contribution is 2.34. The fraction of sp³-hybridized carbons (Fsp3) is 0.158. The van der Waals surface area contributed by atoms with Crippen LogP contribution in [0.2, 0.25) is 0 Å². The Hall–Kier alpha value is -3.14. The van der Waals surface area contributed by atoms with E-state index < -0.39 is 33.2 Å². The van der Waals surface area contributed by atoms with Crippen molar-refractivity contribution >= 4 is 21.4 Å². The van der Waals surface area contributed by atoms with Gasteiger partial charge in [0, 0.05) is 11.9 Å². The van der Waals surface area contributed by atoms with Crippen molar-refractivity contribution in [1.29, 1.82) is 0 Å². The van der Waals surface area contributed by atoms with Crippen LogP contribution in [0.3, 0.4) is 0 Å². The van der Waals surface area contributed by atoms with Crippen molar-refractivity contribution in [2.45, 2.75) is 18.0 Å². The summed E-state index contributed by atoms with van der Waals surface area (Å²) in [6.45, 7) is 1.60. The van der Waals surface area contributed by atoms with Gasteiger partial charge in [0.15, 0.2) is 15.5 Å². The quantitative estimate of drug-likeness (QED) is 0.691. The second kappa shape index (κ2) is 7.36. The summed E-state index contributed by atoms with van der Waals surface area (Å²) in [6, 6.07) is 11.6. The molecule has 0 radical (unpaired) electrons. The summed E-state index contributed by atoms with van der Waals surface area (Å²) < 4.78 is 65.2. The number of benzene rings is 2. The molecule has 0 saturated carbocycles. The lowest BCUT2D eigenvalue weighted by atomic mass is 10.1. The average molecular weight is 423 g/mol. The van der Waals surface area contributed by atoms with Gasteiger partial charge in [0.2, 0.25) is 0 Å². The monoisotopic (exact) mass is 423 g/mol. The Bertz CT molecular complexity index is 1170. The third-order valence-corrected chi connectivity index (χ3v) is 5.28. The number of carbonyl (C=O) groups excluding carboxylic acids is 1. The van der Waals surface area contributed by atoms with E-state index in [1.165, 1.54) is 30.3 Å². The molecular formula is C19H16F3N3O3S. The van der Waals surface area contributed by atoms with E-state index >= 15 is 0 Å². The molecule has 6 nitrogen and oxygen atoms in total. The number of sulfone groups is 1. The SMILES string of the molecule is Cc1ccc(S(C)(=O)=O)cc1NC(=O)c1cnn(-c2ccccc2)c1C(F)(F)F. The molecule has 2 aromatic carbocycles. The molecule has 0 bridgehead atoms. The molecule has 3 aromatic rings. The molecule has 0 spiro atoms. The second-order valence-corrected chi connectivity index (χ2v) is 8.37. The maximum Gasteiger partial charge on any atom is 0.434 e. The van der Waals surface area contributed by atoms with Gasteiger partial charge in [0.1, 0.15) is 0 Å². The van der Waals surface area contributed by atoms with Crippen LogP contribution in [0.15, 0.2) is 59.6 Å². The lowest BCUT2D eigenvalue weighted by molar-refractivity contribution is -0.143. The van der Waals surface area contributed by atoms with Gasteiger partial charge >= 0.3 is 6.18 Å². The minimum Gasteiger partial charge on any atom is -0.322 e. The zero-order valence-electron chi connectivity index (χ0n) is 15.4. The number of para-hydroxylation sites is 1. The van der Waals surface area contributed by atoms with Crippen molar-refractivity contribution in [3.8, 4) is 5.69 Å². The normalized spacial score (nSPS) is 12.0. The molecule has 3 rings (SSSR count). The fourth-order valence-corrected chi connectivity index (χ4v) is 3.36. The maximum absolute atomic E-state index is 13.7. The van der Waals surface area contributed by atoms with Gasteiger partial charge in [-0.2, -0.15) is 18.3 Å². The number of anilines is 1. The molecule has 0 atom stereocenters. The zero-order valence-corrected chi connectivity index (χ0v) is 16.2. The summed E-state index contributed by atoms with van der Waals surface area (Å²) in [4.78, 5) is 12.6. The Balaban J connectivity index is 2.04. The highest BCUT2D eigenvalue weighted by atomic mass is 32.2. The number of amides is 1. The van der Waals surface area contributed by atoms with Crippen LogP contribution < -0.4 is 5.32 Å². The summed E-state index contributed by atoms with van der Waals surface area (Å²) >= 11 is 0. The first kappa shape index (κ1) is 20.6. The highest BCUT2D eigenvalue weighted by Gasteiger charge is 2.40. The molecule has 1 amide bonds. The number of aryl methyl sites for hydroxylation is 1. The first-order valence-corrected chi connectivity index (χ1v) is 10.2. The van der Waals surface area contributed by atoms with Crippen LogP contribution in [0.5, 0.6) is 0 Å². The molecule has 29 heavy (non-hydrogen) atoms. The molecule has 0 aliphatic carbocycles. The first-order valence-electron chi connectivity index (χ1n) is 8.31. The average Bonchev–Trinajstić information content (AvgIpc) is 3.09. The molecule has 1 aromatic heterocycles. The fourth-order valence-electron chi connectivity index (χ4n) is 2.71. The van der Waals surface area contributed by atoms with Gasteiger partial charge in [-0.05, 0) is 36.8 Å². The van der Waals surface area contributed by atoms with E-state index in [9.17, 15) is 26.4 Å². The van der Waals surface area contributed by atoms with Crippen molar-refractivity contribution in [2.75, 3.05) is 11.6 Å². The van der Waals surface area contributed by atoms with Crippen molar-refractivity contribution in [3.05, 3.63) is 71.5 Å². The lowest BCUT2D eigenvalue weighted by Crippen LogP contribution is -2.21. The van der Waals surface area contributed by atoms with E-state index in [1.54, 1.807) is 25.1 Å². The number of aromatic nitrogens is 2. The third-order valence-electron chi connectivity index (χ3n) is 4.17. The topological polar surface area (TPSA) is 81.1 Å². The van der Waals surface area contributed by atoms with Crippen molar-refractivity contribution in [1.82, 2.24) is 9.78 Å². The van der Waals surface area contributed by atoms with E-state index in [0.29, 0.717) is 10.2 Å². The number of rotatable bonds is 4. The minimum atomic E-state index is -4.84. The number of alkyl halides is 3. The zero-order chi connectivity index (χ0) is 21.4. The first-order chi connectivity index (χ1) is 13.5. The highest BCUT2D eigenvalue weighted by molar-refractivity contribution is 7.90. The van der Waals surface area contributed by atoms with E-state index in [-0.39, 0.29) is 16.3 Å². The predicted molar refractivity (Wildman–Crippen MR) is 101 cm³/mol. The van der Waals surface area contributed by atoms with Gasteiger partial charge in [-0.1, -0.05) is 24.3 Å². The van der Waals surface area contributed by atoms with Gasteiger partial charge in [0.25, 0.3) is 5.91 Å². The number of nitrogens with one attached hydrogen (secondary N) is 1. The van der Waals surface area contributed by atoms with Crippen molar-refractivity contribution in [3.63, 3.8) is 0 Å².